The van der Waals surface area contributed by atoms with E-state index in [-0.39, 0.29) is 5.30 Å². The highest BCUT2D eigenvalue weighted by Crippen LogP contribution is 2.37. The average molecular weight is 228 g/mol. The minimum absolute atomic E-state index is 0.226. The minimum atomic E-state index is -4.15. The van der Waals surface area contributed by atoms with Gasteiger partial charge in [0.2, 0.25) is 0 Å². The molecule has 0 radical (unpaired) electrons. The van der Waals surface area contributed by atoms with Crippen LogP contribution in [-0.4, -0.2) is 9.79 Å². The molecular weight excluding hydrogens is 211 g/mol. The molecule has 15 heavy (non-hydrogen) atoms. The van der Waals surface area contributed by atoms with Gasteiger partial charge in [-0.25, -0.2) is 0 Å². The van der Waals surface area contributed by atoms with Crippen LogP contribution in [0.1, 0.15) is 30.0 Å². The maximum Gasteiger partial charge on any atom is 0.356 e. The van der Waals surface area contributed by atoms with Gasteiger partial charge in [0.15, 0.2) is 0 Å². The van der Waals surface area contributed by atoms with Gasteiger partial charge in [0.25, 0.3) is 0 Å². The van der Waals surface area contributed by atoms with Gasteiger partial charge in [-0.2, -0.15) is 0 Å². The fraction of sp³-hybridized carbons (Fsp3) is 0.455. The van der Waals surface area contributed by atoms with E-state index in [1.54, 1.807) is 13.0 Å². The van der Waals surface area contributed by atoms with Gasteiger partial charge in [-0.05, 0) is 37.0 Å². The second-order valence-electron chi connectivity index (χ2n) is 3.82. The third-order valence-electron chi connectivity index (χ3n) is 2.51. The SMILES string of the molecule is CCCc1c(C)ccc(C)c1P(=O)(O)O. The fourth-order valence-corrected chi connectivity index (χ4v) is 3.00. The molecule has 0 aromatic heterocycles. The maximum absolute atomic E-state index is 11.4. The molecule has 0 saturated heterocycles. The molecule has 0 fully saturated rings. The van der Waals surface area contributed by atoms with E-state index < -0.39 is 7.60 Å². The first-order valence-corrected chi connectivity index (χ1v) is 6.64. The lowest BCUT2D eigenvalue weighted by atomic mass is 10.0. The summed E-state index contributed by atoms with van der Waals surface area (Å²) in [4.78, 5) is 18.6. The van der Waals surface area contributed by atoms with Gasteiger partial charge in [-0.3, -0.25) is 4.57 Å². The molecular formula is C11H17O3P. The van der Waals surface area contributed by atoms with Gasteiger partial charge in [0.1, 0.15) is 0 Å². The lowest BCUT2D eigenvalue weighted by molar-refractivity contribution is 0.387. The number of hydrogen-bond donors (Lipinski definition) is 2. The number of rotatable bonds is 3. The molecule has 1 rings (SSSR count). The first-order valence-electron chi connectivity index (χ1n) is 5.03. The molecule has 0 aliphatic carbocycles. The largest absolute Gasteiger partial charge is 0.356 e. The first kappa shape index (κ1) is 12.4. The summed E-state index contributed by atoms with van der Waals surface area (Å²) in [5.74, 6) is 0. The zero-order valence-electron chi connectivity index (χ0n) is 9.32. The van der Waals surface area contributed by atoms with E-state index in [1.807, 2.05) is 19.9 Å². The summed E-state index contributed by atoms with van der Waals surface area (Å²) in [6.45, 7) is 5.64. The van der Waals surface area contributed by atoms with E-state index in [9.17, 15) is 14.4 Å². The van der Waals surface area contributed by atoms with Crippen LogP contribution in [0.4, 0.5) is 0 Å². The predicted octanol–water partition coefficient (Wildman–Crippen LogP) is 2.06. The van der Waals surface area contributed by atoms with Crippen LogP contribution in [0, 0.1) is 13.8 Å². The molecule has 0 amide bonds. The second kappa shape index (κ2) is 4.48. The Hall–Kier alpha value is -0.630. The molecule has 0 aliphatic rings. The van der Waals surface area contributed by atoms with Crippen molar-refractivity contribution in [1.29, 1.82) is 0 Å². The van der Waals surface area contributed by atoms with Crippen molar-refractivity contribution < 1.29 is 14.4 Å². The van der Waals surface area contributed by atoms with Gasteiger partial charge in [0, 0.05) is 0 Å². The summed E-state index contributed by atoms with van der Waals surface area (Å²) in [5, 5.41) is 0.226. The van der Waals surface area contributed by atoms with Gasteiger partial charge >= 0.3 is 7.60 Å². The Bertz CT molecular complexity index is 407. The van der Waals surface area contributed by atoms with Crippen LogP contribution in [0.25, 0.3) is 0 Å². The second-order valence-corrected chi connectivity index (χ2v) is 5.36. The quantitative estimate of drug-likeness (QED) is 0.778. The Balaban J connectivity index is 3.45. The van der Waals surface area contributed by atoms with Gasteiger partial charge in [0.05, 0.1) is 5.30 Å². The van der Waals surface area contributed by atoms with Gasteiger partial charge in [-0.15, -0.1) is 0 Å². The van der Waals surface area contributed by atoms with Crippen LogP contribution in [0.15, 0.2) is 12.1 Å². The summed E-state index contributed by atoms with van der Waals surface area (Å²) >= 11 is 0. The van der Waals surface area contributed by atoms with Crippen molar-refractivity contribution in [3.8, 4) is 0 Å². The lowest BCUT2D eigenvalue weighted by Gasteiger charge is -2.15. The smallest absolute Gasteiger partial charge is 0.321 e. The Morgan fingerprint density at radius 3 is 2.20 bits per heavy atom. The van der Waals surface area contributed by atoms with Crippen LogP contribution in [0.5, 0.6) is 0 Å². The zero-order chi connectivity index (χ0) is 11.6. The Labute approximate surface area is 90.3 Å². The fourth-order valence-electron chi connectivity index (χ4n) is 1.83. The van der Waals surface area contributed by atoms with Crippen LogP contribution >= 0.6 is 7.60 Å². The molecule has 1 aromatic rings. The van der Waals surface area contributed by atoms with Crippen molar-refractivity contribution in [2.24, 2.45) is 0 Å². The third kappa shape index (κ3) is 2.69. The molecule has 0 spiro atoms. The number of aryl methyl sites for hydroxylation is 2. The van der Waals surface area contributed by atoms with Gasteiger partial charge in [-0.1, -0.05) is 25.5 Å². The summed E-state index contributed by atoms with van der Waals surface area (Å²) in [5.41, 5.74) is 2.45. The molecule has 0 aliphatic heterocycles. The Morgan fingerprint density at radius 2 is 1.73 bits per heavy atom. The van der Waals surface area contributed by atoms with Crippen molar-refractivity contribution in [2.75, 3.05) is 0 Å². The van der Waals surface area contributed by atoms with E-state index in [0.29, 0.717) is 12.0 Å². The summed E-state index contributed by atoms with van der Waals surface area (Å²) in [6, 6.07) is 3.68. The van der Waals surface area contributed by atoms with E-state index in [1.165, 1.54) is 0 Å². The van der Waals surface area contributed by atoms with Crippen molar-refractivity contribution >= 4 is 12.9 Å². The molecule has 3 nitrogen and oxygen atoms in total. The predicted molar refractivity (Wildman–Crippen MR) is 61.6 cm³/mol. The van der Waals surface area contributed by atoms with Gasteiger partial charge < -0.3 is 9.79 Å². The molecule has 0 heterocycles. The Kier molecular flexibility index (Phi) is 3.72. The monoisotopic (exact) mass is 228 g/mol. The topological polar surface area (TPSA) is 57.5 Å². The van der Waals surface area contributed by atoms with Crippen LogP contribution in [0.3, 0.4) is 0 Å². The third-order valence-corrected chi connectivity index (χ3v) is 3.72. The molecule has 2 N–H and O–H groups in total. The first-order chi connectivity index (χ1) is 6.88. The van der Waals surface area contributed by atoms with Crippen molar-refractivity contribution in [1.82, 2.24) is 0 Å². The van der Waals surface area contributed by atoms with Crippen LogP contribution in [-0.2, 0) is 11.0 Å². The molecule has 4 heteroatoms. The zero-order valence-corrected chi connectivity index (χ0v) is 10.2. The summed E-state index contributed by atoms with van der Waals surface area (Å²) in [6.07, 6.45) is 1.60. The number of hydrogen-bond acceptors (Lipinski definition) is 1. The van der Waals surface area contributed by atoms with E-state index in [4.69, 9.17) is 0 Å². The maximum atomic E-state index is 11.4. The molecule has 84 valence electrons. The van der Waals surface area contributed by atoms with Crippen molar-refractivity contribution in [3.63, 3.8) is 0 Å². The van der Waals surface area contributed by atoms with E-state index >= 15 is 0 Å². The van der Waals surface area contributed by atoms with Crippen molar-refractivity contribution in [2.45, 2.75) is 33.6 Å². The molecule has 0 saturated carbocycles. The van der Waals surface area contributed by atoms with Crippen LogP contribution in [0.2, 0.25) is 0 Å². The molecule has 0 unspecified atom stereocenters. The van der Waals surface area contributed by atoms with E-state index in [2.05, 4.69) is 0 Å². The standard InChI is InChI=1S/C11H17O3P/c1-4-5-10-8(2)6-7-9(3)11(10)15(12,13)14/h6-7H,4-5H2,1-3H3,(H2,12,13,14). The molecule has 1 aromatic carbocycles. The number of benzene rings is 1. The lowest BCUT2D eigenvalue weighted by Crippen LogP contribution is -2.16. The summed E-state index contributed by atoms with van der Waals surface area (Å²) < 4.78 is 11.4. The molecule has 0 bridgehead atoms. The Morgan fingerprint density at radius 1 is 1.20 bits per heavy atom. The highest BCUT2D eigenvalue weighted by molar-refractivity contribution is 7.60. The molecule has 0 atom stereocenters. The summed E-state index contributed by atoms with van der Waals surface area (Å²) in [7, 11) is -4.15. The highest BCUT2D eigenvalue weighted by atomic mass is 31.2. The normalized spacial score (nSPS) is 11.8. The van der Waals surface area contributed by atoms with Crippen LogP contribution < -0.4 is 5.30 Å². The minimum Gasteiger partial charge on any atom is -0.321 e. The highest BCUT2D eigenvalue weighted by Gasteiger charge is 2.24. The van der Waals surface area contributed by atoms with E-state index in [0.717, 1.165) is 17.5 Å². The van der Waals surface area contributed by atoms with Crippen molar-refractivity contribution in [3.05, 3.63) is 28.8 Å². The average Bonchev–Trinajstić information content (AvgIpc) is 2.09.